The Balaban J connectivity index is 0. The number of hydrogen-bond acceptors (Lipinski definition) is 7. The second kappa shape index (κ2) is 10.9. The van der Waals surface area contributed by atoms with Gasteiger partial charge in [-0.25, -0.2) is 0 Å². The van der Waals surface area contributed by atoms with Crippen LogP contribution in [0.4, 0.5) is 0 Å². The highest BCUT2D eigenvalue weighted by Gasteiger charge is 2.00. The second-order valence-electron chi connectivity index (χ2n) is 2.14. The van der Waals surface area contributed by atoms with E-state index in [0.717, 1.165) is 0 Å². The van der Waals surface area contributed by atoms with Crippen molar-refractivity contribution in [2.75, 3.05) is 27.3 Å². The monoisotopic (exact) mass is 223 g/mol. The minimum absolute atomic E-state index is 0.0667. The first-order valence-corrected chi connectivity index (χ1v) is 3.82. The van der Waals surface area contributed by atoms with Crippen LogP contribution in [0, 0.1) is 0 Å². The average Bonchev–Trinajstić information content (AvgIpc) is 2.17. The number of aliphatic carboxylic acids is 1. The number of carbonyl (C=O) groups excluding carboxylic acids is 1. The number of nitrogens with one attached hydrogen (secondary N) is 1. The Hall–Kier alpha value is -1.16. The van der Waals surface area contributed by atoms with Gasteiger partial charge in [-0.1, -0.05) is 0 Å². The van der Waals surface area contributed by atoms with Crippen molar-refractivity contribution >= 4 is 19.3 Å². The topological polar surface area (TPSA) is 125 Å². The van der Waals surface area contributed by atoms with Gasteiger partial charge in [-0.2, -0.15) is 0 Å². The number of carboxylic acid groups (broad SMARTS) is 1. The second-order valence-corrected chi connectivity index (χ2v) is 2.14. The molecule has 0 unspecified atom stereocenters. The van der Waals surface area contributed by atoms with Crippen molar-refractivity contribution in [2.24, 2.45) is 0 Å². The summed E-state index contributed by atoms with van der Waals surface area (Å²) in [6.45, 7) is -0.294. The fourth-order valence-electron chi connectivity index (χ4n) is 0.344. The summed E-state index contributed by atoms with van der Waals surface area (Å²) in [5, 5.41) is 25.8. The minimum atomic E-state index is -1.62. The molecule has 0 aliphatic heterocycles. The molecule has 0 fully saturated rings. The number of ether oxygens (including phenoxy) is 1. The van der Waals surface area contributed by atoms with Gasteiger partial charge in [0.15, 0.2) is 0 Å². The van der Waals surface area contributed by atoms with Crippen LogP contribution in [0.5, 0.6) is 0 Å². The molecule has 0 rings (SSSR count). The van der Waals surface area contributed by atoms with Crippen molar-refractivity contribution in [1.29, 1.82) is 0 Å². The quantitative estimate of drug-likeness (QED) is 0.296. The van der Waals surface area contributed by atoms with Gasteiger partial charge < -0.3 is 24.5 Å². The zero-order chi connectivity index (χ0) is 12.3. The van der Waals surface area contributed by atoms with Gasteiger partial charge in [0, 0.05) is 7.11 Å². The smallest absolute Gasteiger partial charge is 0.480 e. The molecule has 0 saturated heterocycles. The van der Waals surface area contributed by atoms with Crippen molar-refractivity contribution in [1.82, 2.24) is 5.32 Å². The highest BCUT2D eigenvalue weighted by atomic mass is 16.6. The van der Waals surface area contributed by atoms with Gasteiger partial charge >= 0.3 is 19.3 Å². The molecule has 8 nitrogen and oxygen atoms in total. The summed E-state index contributed by atoms with van der Waals surface area (Å²) in [6.07, 6.45) is 0. The van der Waals surface area contributed by atoms with E-state index in [-0.39, 0.29) is 13.1 Å². The molecule has 0 aromatic carbocycles. The Bertz CT molecular complexity index is 186. The van der Waals surface area contributed by atoms with Crippen LogP contribution in [0.15, 0.2) is 0 Å². The lowest BCUT2D eigenvalue weighted by Gasteiger charge is -1.97. The summed E-state index contributed by atoms with van der Waals surface area (Å²) >= 11 is 0. The van der Waals surface area contributed by atoms with E-state index in [1.807, 2.05) is 0 Å². The van der Waals surface area contributed by atoms with Crippen LogP contribution in [-0.2, 0) is 19.0 Å². The van der Waals surface area contributed by atoms with Gasteiger partial charge in [-0.3, -0.25) is 14.9 Å². The third-order valence-corrected chi connectivity index (χ3v) is 0.984. The van der Waals surface area contributed by atoms with Crippen LogP contribution in [0.25, 0.3) is 0 Å². The molecule has 15 heavy (non-hydrogen) atoms. The van der Waals surface area contributed by atoms with E-state index in [1.54, 1.807) is 0 Å². The number of hydrogen-bond donors (Lipinski definition) is 4. The first-order chi connectivity index (χ1) is 6.93. The lowest BCUT2D eigenvalue weighted by molar-refractivity contribution is -0.140. The molecule has 9 heteroatoms. The van der Waals surface area contributed by atoms with E-state index in [1.165, 1.54) is 14.2 Å². The number of rotatable bonds is 5. The van der Waals surface area contributed by atoms with Crippen LogP contribution < -0.4 is 5.32 Å². The zero-order valence-corrected chi connectivity index (χ0v) is 8.47. The van der Waals surface area contributed by atoms with Crippen LogP contribution in [0.1, 0.15) is 0 Å². The van der Waals surface area contributed by atoms with Gasteiger partial charge in [-0.05, 0) is 0 Å². The van der Waals surface area contributed by atoms with Gasteiger partial charge in [0.25, 0.3) is 0 Å². The average molecular weight is 223 g/mol. The first-order valence-electron chi connectivity index (χ1n) is 3.82. The molecule has 0 saturated carbocycles. The molecule has 0 aliphatic carbocycles. The van der Waals surface area contributed by atoms with E-state index in [0.29, 0.717) is 0 Å². The maximum absolute atomic E-state index is 10.3. The summed E-state index contributed by atoms with van der Waals surface area (Å²) in [5.41, 5.74) is 0. The standard InChI is InChI=1S/C5H9NO4.CH5BO3/c1-10-5(9)3-6-2-4(7)8;1-5-2(3)4/h6H,2-3H2,1H3,(H,7,8);3-4H,1H3. The lowest BCUT2D eigenvalue weighted by atomic mass is 10.3. The molecule has 0 atom stereocenters. The third-order valence-electron chi connectivity index (χ3n) is 0.984. The molecular formula is C6H14BNO7. The van der Waals surface area contributed by atoms with Crippen molar-refractivity contribution in [3.05, 3.63) is 0 Å². The van der Waals surface area contributed by atoms with Crippen LogP contribution in [-0.4, -0.2) is 61.7 Å². The number of esters is 1. The predicted octanol–water partition coefficient (Wildman–Crippen LogP) is -2.56. The first kappa shape index (κ1) is 16.3. The summed E-state index contributed by atoms with van der Waals surface area (Å²) < 4.78 is 8.10. The van der Waals surface area contributed by atoms with E-state index < -0.39 is 19.3 Å². The van der Waals surface area contributed by atoms with Gasteiger partial charge in [0.2, 0.25) is 0 Å². The Labute approximate surface area is 87.0 Å². The third kappa shape index (κ3) is 19.3. The van der Waals surface area contributed by atoms with Crippen LogP contribution in [0.3, 0.4) is 0 Å². The fourth-order valence-corrected chi connectivity index (χ4v) is 0.344. The van der Waals surface area contributed by atoms with Crippen molar-refractivity contribution in [3.8, 4) is 0 Å². The molecule has 0 amide bonds. The molecule has 0 aromatic rings. The molecule has 0 radical (unpaired) electrons. The van der Waals surface area contributed by atoms with Gasteiger partial charge in [0.1, 0.15) is 0 Å². The predicted molar refractivity (Wildman–Crippen MR) is 49.7 cm³/mol. The van der Waals surface area contributed by atoms with Gasteiger partial charge in [-0.15, -0.1) is 0 Å². The number of carboxylic acids is 1. The lowest BCUT2D eigenvalue weighted by Crippen LogP contribution is -2.28. The molecule has 0 aliphatic rings. The van der Waals surface area contributed by atoms with Crippen molar-refractivity contribution < 1.29 is 34.1 Å². The minimum Gasteiger partial charge on any atom is -0.480 e. The number of methoxy groups -OCH3 is 1. The SMILES string of the molecule is COB(O)O.COC(=O)CNCC(=O)O. The number of carbonyl (C=O) groups is 2. The van der Waals surface area contributed by atoms with E-state index in [2.05, 4.69) is 14.7 Å². The largest absolute Gasteiger partial charge is 0.633 e. The fraction of sp³-hybridized carbons (Fsp3) is 0.667. The van der Waals surface area contributed by atoms with Crippen molar-refractivity contribution in [3.63, 3.8) is 0 Å². The zero-order valence-electron chi connectivity index (χ0n) is 8.47. The Morgan fingerprint density at radius 1 is 1.27 bits per heavy atom. The molecule has 0 bridgehead atoms. The Morgan fingerprint density at radius 2 is 1.73 bits per heavy atom. The van der Waals surface area contributed by atoms with Crippen LogP contribution in [0.2, 0.25) is 0 Å². The molecule has 4 N–H and O–H groups in total. The molecule has 88 valence electrons. The summed E-state index contributed by atoms with van der Waals surface area (Å²) in [5.74, 6) is -1.47. The molecule has 0 aromatic heterocycles. The normalized spacial score (nSPS) is 8.53. The molecule has 0 heterocycles. The Morgan fingerprint density at radius 3 is 2.00 bits per heavy atom. The molecular weight excluding hydrogens is 209 g/mol. The van der Waals surface area contributed by atoms with E-state index in [4.69, 9.17) is 15.2 Å². The summed E-state index contributed by atoms with van der Waals surface area (Å²) in [4.78, 5) is 20.2. The summed E-state index contributed by atoms with van der Waals surface area (Å²) in [7, 11) is 0.824. The van der Waals surface area contributed by atoms with Crippen molar-refractivity contribution in [2.45, 2.75) is 0 Å². The highest BCUT2D eigenvalue weighted by Crippen LogP contribution is 1.68. The van der Waals surface area contributed by atoms with Gasteiger partial charge in [0.05, 0.1) is 20.2 Å². The summed E-state index contributed by atoms with van der Waals surface area (Å²) in [6, 6.07) is 0. The Kier molecular flexibility index (Phi) is 11.9. The van der Waals surface area contributed by atoms with E-state index in [9.17, 15) is 9.59 Å². The maximum Gasteiger partial charge on any atom is 0.633 e. The van der Waals surface area contributed by atoms with Crippen LogP contribution >= 0.6 is 0 Å². The van der Waals surface area contributed by atoms with E-state index >= 15 is 0 Å². The maximum atomic E-state index is 10.3. The molecule has 0 spiro atoms. The highest BCUT2D eigenvalue weighted by molar-refractivity contribution is 6.32.